The highest BCUT2D eigenvalue weighted by Gasteiger charge is 2.41. The number of anilines is 2. The number of thioether (sulfide) groups is 1. The molecule has 0 spiro atoms. The van der Waals surface area contributed by atoms with Crippen LogP contribution in [-0.2, 0) is 9.59 Å². The van der Waals surface area contributed by atoms with Crippen LogP contribution in [-0.4, -0.2) is 32.6 Å². The summed E-state index contributed by atoms with van der Waals surface area (Å²) in [6, 6.07) is 12.7. The molecule has 3 N–H and O–H groups in total. The normalized spacial score (nSPS) is 17.5. The first kappa shape index (κ1) is 25.0. The summed E-state index contributed by atoms with van der Waals surface area (Å²) in [7, 11) is 0. The molecule has 1 atom stereocenters. The highest BCUT2D eigenvalue weighted by molar-refractivity contribution is 8.01. The van der Waals surface area contributed by atoms with Crippen LogP contribution < -0.4 is 16.0 Å². The molecule has 1 amide bonds. The largest absolute Gasteiger partial charge is 0.384 e. The van der Waals surface area contributed by atoms with Gasteiger partial charge in [-0.2, -0.15) is 5.26 Å². The van der Waals surface area contributed by atoms with Crippen LogP contribution in [0.2, 0.25) is 5.02 Å². The number of carbonyl (C=O) groups is 2. The Labute approximate surface area is 226 Å². The van der Waals surface area contributed by atoms with Crippen molar-refractivity contribution in [2.75, 3.05) is 16.0 Å². The summed E-state index contributed by atoms with van der Waals surface area (Å²) in [6.45, 7) is 0. The van der Waals surface area contributed by atoms with E-state index in [1.807, 2.05) is 6.07 Å². The van der Waals surface area contributed by atoms with E-state index < -0.39 is 5.92 Å². The second kappa shape index (κ2) is 10.7. The number of pyridine rings is 1. The summed E-state index contributed by atoms with van der Waals surface area (Å²) in [5.41, 5.74) is 9.45. The zero-order valence-electron chi connectivity index (χ0n) is 19.3. The van der Waals surface area contributed by atoms with E-state index >= 15 is 0 Å². The third-order valence-electron chi connectivity index (χ3n) is 5.95. The van der Waals surface area contributed by atoms with E-state index in [1.54, 1.807) is 47.6 Å². The summed E-state index contributed by atoms with van der Waals surface area (Å²) in [6.07, 6.45) is 4.99. The predicted octanol–water partition coefficient (Wildman–Crippen LogP) is 4.62. The number of hydrogen-bond acceptors (Lipinski definition) is 10. The minimum absolute atomic E-state index is 0.0165. The highest BCUT2D eigenvalue weighted by atomic mass is 35.5. The fraction of sp³-hybridized carbons (Fsp3) is 0.200. The third kappa shape index (κ3) is 5.09. The Hall–Kier alpha value is -3.72. The van der Waals surface area contributed by atoms with Gasteiger partial charge in [0.25, 0.3) is 0 Å². The van der Waals surface area contributed by atoms with E-state index in [0.29, 0.717) is 45.0 Å². The summed E-state index contributed by atoms with van der Waals surface area (Å²) >= 11 is 8.45. The lowest BCUT2D eigenvalue weighted by Crippen LogP contribution is -2.38. The van der Waals surface area contributed by atoms with Gasteiger partial charge in [-0.25, -0.2) is 0 Å². The molecule has 0 bridgehead atoms. The van der Waals surface area contributed by atoms with Crippen molar-refractivity contribution in [3.05, 3.63) is 82.0 Å². The molecule has 1 aromatic carbocycles. The number of nitriles is 1. The number of nitrogens with zero attached hydrogens (tertiary/aromatic N) is 5. The van der Waals surface area contributed by atoms with Crippen LogP contribution in [0.25, 0.3) is 0 Å². The maximum atomic E-state index is 13.1. The average molecular weight is 550 g/mol. The molecule has 12 heteroatoms. The lowest BCUT2D eigenvalue weighted by atomic mass is 9.76. The first-order chi connectivity index (χ1) is 18.0. The van der Waals surface area contributed by atoms with Gasteiger partial charge in [0.05, 0.1) is 23.3 Å². The van der Waals surface area contributed by atoms with Crippen LogP contribution in [0.4, 0.5) is 10.8 Å². The molecule has 1 aliphatic heterocycles. The van der Waals surface area contributed by atoms with Gasteiger partial charge in [-0.1, -0.05) is 46.8 Å². The van der Waals surface area contributed by atoms with Crippen molar-refractivity contribution >= 4 is 57.2 Å². The highest BCUT2D eigenvalue weighted by Crippen LogP contribution is 2.46. The number of allylic oxidation sites excluding steroid dienone is 3. The number of Topliss-reactive ketones (excluding diaryl/α,β-unsaturated/α-hetero) is 1. The Kier molecular flexibility index (Phi) is 7.23. The molecule has 186 valence electrons. The zero-order chi connectivity index (χ0) is 25.9. The van der Waals surface area contributed by atoms with E-state index in [-0.39, 0.29) is 28.8 Å². The third-order valence-corrected chi connectivity index (χ3v) is 8.23. The molecule has 0 saturated heterocycles. The van der Waals surface area contributed by atoms with Crippen LogP contribution >= 0.6 is 34.7 Å². The quantitative estimate of drug-likeness (QED) is 0.421. The van der Waals surface area contributed by atoms with Gasteiger partial charge >= 0.3 is 0 Å². The number of hydrogen-bond donors (Lipinski definition) is 2. The molecule has 2 aromatic heterocycles. The smallest absolute Gasteiger partial charge is 0.234 e. The zero-order valence-corrected chi connectivity index (χ0v) is 21.7. The Morgan fingerprint density at radius 1 is 1.30 bits per heavy atom. The molecule has 1 unspecified atom stereocenters. The number of halogens is 1. The minimum Gasteiger partial charge on any atom is -0.384 e. The fourth-order valence-electron chi connectivity index (χ4n) is 4.43. The van der Waals surface area contributed by atoms with Crippen molar-refractivity contribution in [3.63, 3.8) is 0 Å². The first-order valence-corrected chi connectivity index (χ1v) is 13.5. The summed E-state index contributed by atoms with van der Waals surface area (Å²) in [5, 5.41) is 22.3. The van der Waals surface area contributed by atoms with Crippen LogP contribution in [0.1, 0.15) is 30.7 Å². The van der Waals surface area contributed by atoms with Gasteiger partial charge in [0.2, 0.25) is 11.0 Å². The van der Waals surface area contributed by atoms with Crippen molar-refractivity contribution in [2.45, 2.75) is 29.5 Å². The standard InChI is InChI=1S/C25H20ClN7O2S2/c26-15-5-1-6-16(10-15)30-20(35)13-36-25-32-31-24(37-25)33-18-7-2-8-19(34)22(18)21(17(11-27)23(33)28)14-4-3-9-29-12-14/h1,3-6,9-10,12,21H,2,7-8,13,28H2,(H,30,35). The number of amides is 1. The van der Waals surface area contributed by atoms with Gasteiger partial charge in [0.15, 0.2) is 10.1 Å². The number of nitrogens with two attached hydrogens (primary N) is 1. The van der Waals surface area contributed by atoms with Gasteiger partial charge in [-0.05, 0) is 42.7 Å². The maximum absolute atomic E-state index is 13.1. The lowest BCUT2D eigenvalue weighted by Gasteiger charge is -2.37. The SMILES string of the molecule is N#CC1=C(N)N(c2nnc(SCC(=O)Nc3cccc(Cl)c3)s2)C2=C(C(=O)CCC2)C1c1cccnc1. The minimum atomic E-state index is -0.574. The van der Waals surface area contributed by atoms with Crippen molar-refractivity contribution in [1.82, 2.24) is 15.2 Å². The first-order valence-electron chi connectivity index (χ1n) is 11.3. The van der Waals surface area contributed by atoms with E-state index in [0.717, 1.165) is 11.3 Å². The van der Waals surface area contributed by atoms with Gasteiger partial charge < -0.3 is 11.1 Å². The summed E-state index contributed by atoms with van der Waals surface area (Å²) in [5.74, 6) is -0.468. The van der Waals surface area contributed by atoms with Gasteiger partial charge in [-0.3, -0.25) is 19.5 Å². The van der Waals surface area contributed by atoms with Crippen molar-refractivity contribution < 1.29 is 9.59 Å². The number of rotatable bonds is 6. The molecule has 5 rings (SSSR count). The van der Waals surface area contributed by atoms with Gasteiger partial charge in [0, 0.05) is 40.8 Å². The summed E-state index contributed by atoms with van der Waals surface area (Å²) < 4.78 is 0.557. The molecule has 1 aliphatic carbocycles. The molecule has 3 aromatic rings. The molecule has 0 radical (unpaired) electrons. The second-order valence-electron chi connectivity index (χ2n) is 8.30. The van der Waals surface area contributed by atoms with Gasteiger partial charge in [-0.15, -0.1) is 10.2 Å². The second-order valence-corrected chi connectivity index (χ2v) is 10.9. The number of carbonyl (C=O) groups excluding carboxylic acids is 2. The van der Waals surface area contributed by atoms with Crippen molar-refractivity contribution in [1.29, 1.82) is 5.26 Å². The van der Waals surface area contributed by atoms with Crippen LogP contribution in [0.3, 0.4) is 0 Å². The molecule has 3 heterocycles. The molecular formula is C25H20ClN7O2S2. The van der Waals surface area contributed by atoms with Crippen LogP contribution in [0, 0.1) is 11.3 Å². The van der Waals surface area contributed by atoms with E-state index in [2.05, 4.69) is 26.6 Å². The topological polar surface area (TPSA) is 138 Å². The predicted molar refractivity (Wildman–Crippen MR) is 143 cm³/mol. The number of benzene rings is 1. The van der Waals surface area contributed by atoms with Gasteiger partial charge in [0.1, 0.15) is 5.82 Å². The van der Waals surface area contributed by atoms with E-state index in [4.69, 9.17) is 17.3 Å². The molecular weight excluding hydrogens is 530 g/mol. The Morgan fingerprint density at radius 3 is 2.92 bits per heavy atom. The lowest BCUT2D eigenvalue weighted by molar-refractivity contribution is -0.116. The van der Waals surface area contributed by atoms with Crippen molar-refractivity contribution in [2.24, 2.45) is 5.73 Å². The van der Waals surface area contributed by atoms with E-state index in [9.17, 15) is 14.9 Å². The molecule has 37 heavy (non-hydrogen) atoms. The Morgan fingerprint density at radius 2 is 2.16 bits per heavy atom. The van der Waals surface area contributed by atoms with Crippen LogP contribution in [0.5, 0.6) is 0 Å². The molecule has 9 nitrogen and oxygen atoms in total. The average Bonchev–Trinajstić information content (AvgIpc) is 3.36. The number of aromatic nitrogens is 3. The van der Waals surface area contributed by atoms with Crippen molar-refractivity contribution in [3.8, 4) is 6.07 Å². The Balaban J connectivity index is 1.41. The monoisotopic (exact) mass is 549 g/mol. The number of ketones is 1. The van der Waals surface area contributed by atoms with Crippen LogP contribution in [0.15, 0.2) is 75.8 Å². The molecule has 2 aliphatic rings. The summed E-state index contributed by atoms with van der Waals surface area (Å²) in [4.78, 5) is 31.4. The van der Waals surface area contributed by atoms with E-state index in [1.165, 1.54) is 23.1 Å². The Bertz CT molecular complexity index is 1480. The number of nitrogens with one attached hydrogen (secondary N) is 1. The molecule has 0 fully saturated rings. The maximum Gasteiger partial charge on any atom is 0.234 e. The fourth-order valence-corrected chi connectivity index (χ4v) is 6.30. The molecule has 0 saturated carbocycles.